The van der Waals surface area contributed by atoms with Gasteiger partial charge in [-0.05, 0) is 55.6 Å². The van der Waals surface area contributed by atoms with Gasteiger partial charge in [0.25, 0.3) is 0 Å². The molecule has 0 aromatic carbocycles. The van der Waals surface area contributed by atoms with Crippen molar-refractivity contribution in [3.8, 4) is 0 Å². The maximum Gasteiger partial charge on any atom is 0.225 e. The van der Waals surface area contributed by atoms with Crippen LogP contribution in [-0.2, 0) is 9.53 Å². The molecule has 2 atom stereocenters. The van der Waals surface area contributed by atoms with E-state index in [-0.39, 0.29) is 22.8 Å². The number of fused-ring (bicyclic) bond motifs is 4. The van der Waals surface area contributed by atoms with Crippen molar-refractivity contribution in [3.63, 3.8) is 0 Å². The van der Waals surface area contributed by atoms with Crippen molar-refractivity contribution in [2.45, 2.75) is 77.9 Å². The highest BCUT2D eigenvalue weighted by Gasteiger charge is 2.58. The number of carbonyl (C=O) groups excluding carboxylic acids is 1. The molecule has 1 amide bonds. The molecule has 1 saturated heterocycles. The zero-order valence-electron chi connectivity index (χ0n) is 18.2. The van der Waals surface area contributed by atoms with E-state index in [0.29, 0.717) is 12.0 Å². The predicted octanol–water partition coefficient (Wildman–Crippen LogP) is 4.30. The van der Waals surface area contributed by atoms with Gasteiger partial charge in [0.15, 0.2) is 0 Å². The van der Waals surface area contributed by atoms with Gasteiger partial charge in [-0.15, -0.1) is 0 Å². The number of likely N-dealkylation sites (tertiary alicyclic amines) is 1. The number of aliphatic imine (C=N–C) groups is 2. The van der Waals surface area contributed by atoms with Crippen LogP contribution in [0.4, 0.5) is 0 Å². The van der Waals surface area contributed by atoms with Crippen molar-refractivity contribution in [1.29, 1.82) is 0 Å². The fourth-order valence-corrected chi connectivity index (χ4v) is 6.53. The Labute approximate surface area is 174 Å². The summed E-state index contributed by atoms with van der Waals surface area (Å²) in [6.45, 7) is 8.04. The molecule has 5 rings (SSSR count). The number of carbonyl (C=O) groups is 1. The lowest BCUT2D eigenvalue weighted by Gasteiger charge is -2.62. The molecule has 29 heavy (non-hydrogen) atoms. The second kappa shape index (κ2) is 6.63. The Morgan fingerprint density at radius 3 is 2.69 bits per heavy atom. The van der Waals surface area contributed by atoms with Crippen LogP contribution in [0.2, 0.25) is 0 Å². The molecule has 2 heterocycles. The summed E-state index contributed by atoms with van der Waals surface area (Å²) in [6.07, 6.45) is 11.1. The van der Waals surface area contributed by atoms with Gasteiger partial charge in [-0.1, -0.05) is 26.3 Å². The van der Waals surface area contributed by atoms with Gasteiger partial charge in [0, 0.05) is 37.5 Å². The number of rotatable bonds is 2. The van der Waals surface area contributed by atoms with E-state index in [1.54, 1.807) is 13.4 Å². The van der Waals surface area contributed by atoms with Gasteiger partial charge >= 0.3 is 0 Å². The summed E-state index contributed by atoms with van der Waals surface area (Å²) in [5, 5.41) is 0. The van der Waals surface area contributed by atoms with Crippen LogP contribution in [0.15, 0.2) is 32.9 Å². The second-order valence-corrected chi connectivity index (χ2v) is 10.3. The van der Waals surface area contributed by atoms with Gasteiger partial charge < -0.3 is 9.64 Å². The normalized spacial score (nSPS) is 37.7. The first-order valence-electron chi connectivity index (χ1n) is 11.2. The first-order chi connectivity index (χ1) is 13.8. The van der Waals surface area contributed by atoms with Crippen LogP contribution in [0, 0.1) is 16.7 Å². The number of hydrogen-bond donors (Lipinski definition) is 0. The summed E-state index contributed by atoms with van der Waals surface area (Å²) in [7, 11) is 1.79. The molecule has 0 radical (unpaired) electrons. The van der Waals surface area contributed by atoms with Gasteiger partial charge in [-0.25, -0.2) is 9.98 Å². The number of hydrogen-bond acceptors (Lipinski definition) is 4. The molecule has 3 aliphatic carbocycles. The SMILES string of the molecule is COC1CCC(C(=O)N2CC[C@@]3(C)C4=C(CC5=NC=NC5=C4)C[C@@H]2C3(C)C)CC1. The minimum atomic E-state index is 0.0392. The topological polar surface area (TPSA) is 54.3 Å². The van der Waals surface area contributed by atoms with Crippen molar-refractivity contribution in [2.24, 2.45) is 26.7 Å². The van der Waals surface area contributed by atoms with Crippen LogP contribution in [0.1, 0.15) is 65.7 Å². The van der Waals surface area contributed by atoms with Gasteiger partial charge in [-0.2, -0.15) is 0 Å². The van der Waals surface area contributed by atoms with Gasteiger partial charge in [-0.3, -0.25) is 4.79 Å². The fraction of sp³-hybridized carbons (Fsp3) is 0.708. The van der Waals surface area contributed by atoms with Gasteiger partial charge in [0.1, 0.15) is 6.34 Å². The largest absolute Gasteiger partial charge is 0.381 e. The summed E-state index contributed by atoms with van der Waals surface area (Å²) in [6, 6.07) is 0.269. The Bertz CT molecular complexity index is 857. The summed E-state index contributed by atoms with van der Waals surface area (Å²) >= 11 is 0. The number of allylic oxidation sites excluding steroid dienone is 3. The van der Waals surface area contributed by atoms with E-state index in [1.165, 1.54) is 11.1 Å². The minimum absolute atomic E-state index is 0.0392. The lowest BCUT2D eigenvalue weighted by atomic mass is 9.49. The zero-order chi connectivity index (χ0) is 20.4. The highest BCUT2D eigenvalue weighted by Crippen LogP contribution is 2.61. The highest BCUT2D eigenvalue weighted by atomic mass is 16.5. The van der Waals surface area contributed by atoms with Crippen LogP contribution in [0.3, 0.4) is 0 Å². The van der Waals surface area contributed by atoms with E-state index in [4.69, 9.17) is 4.74 Å². The predicted molar refractivity (Wildman–Crippen MR) is 115 cm³/mol. The van der Waals surface area contributed by atoms with E-state index in [2.05, 4.69) is 41.7 Å². The molecule has 2 bridgehead atoms. The number of ether oxygens (including phenoxy) is 1. The Hall–Kier alpha value is -1.75. The molecule has 5 aliphatic rings. The standard InChI is InChI=1S/C24H33N3O2/c1-23(2)21-12-16-11-19-20(26-14-25-19)13-18(16)24(23,3)9-10-27(21)22(28)15-5-7-17(29-4)8-6-15/h13-15,17,21H,5-12H2,1-4H3/t15?,17?,21-,24+/m1/s1. The third kappa shape index (κ3) is 2.73. The average Bonchev–Trinajstić information content (AvgIpc) is 3.17. The molecule has 1 saturated carbocycles. The van der Waals surface area contributed by atoms with E-state index >= 15 is 0 Å². The monoisotopic (exact) mass is 395 g/mol. The van der Waals surface area contributed by atoms with E-state index in [9.17, 15) is 4.79 Å². The summed E-state index contributed by atoms with van der Waals surface area (Å²) in [5.41, 5.74) is 5.21. The number of amides is 1. The quantitative estimate of drug-likeness (QED) is 0.700. The summed E-state index contributed by atoms with van der Waals surface area (Å²) in [4.78, 5) is 24.8. The first kappa shape index (κ1) is 19.2. The number of nitrogens with zero attached hydrogens (tertiary/aromatic N) is 3. The molecular formula is C24H33N3O2. The number of methoxy groups -OCH3 is 1. The Kier molecular flexibility index (Phi) is 4.39. The van der Waals surface area contributed by atoms with Crippen molar-refractivity contribution in [3.05, 3.63) is 22.9 Å². The number of piperidine rings is 1. The molecule has 2 fully saturated rings. The van der Waals surface area contributed by atoms with Gasteiger partial charge in [0.2, 0.25) is 5.91 Å². The van der Waals surface area contributed by atoms with Gasteiger partial charge in [0.05, 0.1) is 17.5 Å². The molecule has 2 aliphatic heterocycles. The lowest BCUT2D eigenvalue weighted by Crippen LogP contribution is -2.63. The fourth-order valence-electron chi connectivity index (χ4n) is 6.53. The minimum Gasteiger partial charge on any atom is -0.381 e. The van der Waals surface area contributed by atoms with E-state index in [1.807, 2.05) is 0 Å². The van der Waals surface area contributed by atoms with Crippen molar-refractivity contribution in [1.82, 2.24) is 4.90 Å². The van der Waals surface area contributed by atoms with Crippen LogP contribution >= 0.6 is 0 Å². The molecule has 0 aromatic heterocycles. The lowest BCUT2D eigenvalue weighted by molar-refractivity contribution is -0.152. The first-order valence-corrected chi connectivity index (χ1v) is 11.2. The van der Waals surface area contributed by atoms with Crippen LogP contribution in [0.5, 0.6) is 0 Å². The maximum atomic E-state index is 13.6. The maximum absolute atomic E-state index is 13.6. The molecule has 0 aromatic rings. The van der Waals surface area contributed by atoms with Crippen LogP contribution in [0.25, 0.3) is 0 Å². The Morgan fingerprint density at radius 1 is 1.21 bits per heavy atom. The third-order valence-corrected chi connectivity index (χ3v) is 8.91. The summed E-state index contributed by atoms with van der Waals surface area (Å²) < 4.78 is 5.51. The molecule has 156 valence electrons. The van der Waals surface area contributed by atoms with Crippen molar-refractivity contribution in [2.75, 3.05) is 13.7 Å². The van der Waals surface area contributed by atoms with E-state index in [0.717, 1.165) is 62.9 Å². The molecular weight excluding hydrogens is 362 g/mol. The zero-order valence-corrected chi connectivity index (χ0v) is 18.2. The highest BCUT2D eigenvalue weighted by molar-refractivity contribution is 6.10. The molecule has 0 N–H and O–H groups in total. The second-order valence-electron chi connectivity index (χ2n) is 10.3. The van der Waals surface area contributed by atoms with Crippen molar-refractivity contribution >= 4 is 18.0 Å². The van der Waals surface area contributed by atoms with Crippen molar-refractivity contribution < 1.29 is 9.53 Å². The molecule has 5 heteroatoms. The average molecular weight is 396 g/mol. The third-order valence-electron chi connectivity index (χ3n) is 8.91. The smallest absolute Gasteiger partial charge is 0.225 e. The Morgan fingerprint density at radius 2 is 1.97 bits per heavy atom. The molecule has 0 spiro atoms. The Balaban J connectivity index is 1.44. The van der Waals surface area contributed by atoms with Crippen LogP contribution in [-0.4, -0.2) is 48.7 Å². The summed E-state index contributed by atoms with van der Waals surface area (Å²) in [5.74, 6) is 0.555. The van der Waals surface area contributed by atoms with E-state index < -0.39 is 0 Å². The van der Waals surface area contributed by atoms with Crippen LogP contribution < -0.4 is 0 Å². The molecule has 5 nitrogen and oxygen atoms in total. The molecule has 0 unspecified atom stereocenters.